The largest absolute Gasteiger partial charge is 0.444 e. The van der Waals surface area contributed by atoms with Crippen molar-refractivity contribution in [2.75, 3.05) is 13.7 Å². The van der Waals surface area contributed by atoms with E-state index in [2.05, 4.69) is 74.6 Å². The van der Waals surface area contributed by atoms with Crippen molar-refractivity contribution >= 4 is 6.09 Å². The van der Waals surface area contributed by atoms with E-state index in [1.165, 1.54) is 128 Å². The van der Waals surface area contributed by atoms with Crippen LogP contribution < -0.4 is 5.32 Å². The summed E-state index contributed by atoms with van der Waals surface area (Å²) in [6, 6.07) is 0.202. The number of amides is 1. The van der Waals surface area contributed by atoms with Crippen LogP contribution in [0.25, 0.3) is 0 Å². The molecule has 0 unspecified atom stereocenters. The summed E-state index contributed by atoms with van der Waals surface area (Å²) in [4.78, 5) is 13.3. The predicted molar refractivity (Wildman–Crippen MR) is 209 cm³/mol. The highest BCUT2D eigenvalue weighted by atomic mass is 16.6. The smallest absolute Gasteiger partial charge is 0.407 e. The molecule has 0 aliphatic carbocycles. The van der Waals surface area contributed by atoms with Gasteiger partial charge >= 0.3 is 6.09 Å². The first-order valence-electron chi connectivity index (χ1n) is 20.8. The summed E-state index contributed by atoms with van der Waals surface area (Å²) in [7, 11) is 1.75. The molecule has 0 fully saturated rings. The van der Waals surface area contributed by atoms with E-state index in [0.717, 1.165) is 32.1 Å². The van der Waals surface area contributed by atoms with Gasteiger partial charge < -0.3 is 19.5 Å². The molecular formula is C43H87NO4. The van der Waals surface area contributed by atoms with E-state index in [9.17, 15) is 4.79 Å². The Kier molecular flexibility index (Phi) is 26.5. The molecule has 0 aromatic carbocycles. The number of unbranched alkanes of at least 4 members (excludes halogenated alkanes) is 18. The lowest BCUT2D eigenvalue weighted by molar-refractivity contribution is -0.0826. The van der Waals surface area contributed by atoms with Crippen molar-refractivity contribution in [3.05, 3.63) is 0 Å². The van der Waals surface area contributed by atoms with Gasteiger partial charge in [-0.25, -0.2) is 4.79 Å². The van der Waals surface area contributed by atoms with Crippen molar-refractivity contribution in [3.63, 3.8) is 0 Å². The van der Waals surface area contributed by atoms with Gasteiger partial charge in [0.25, 0.3) is 0 Å². The summed E-state index contributed by atoms with van der Waals surface area (Å²) in [5.74, 6) is 0. The number of ether oxygens (including phenoxy) is 3. The van der Waals surface area contributed by atoms with Crippen molar-refractivity contribution in [1.29, 1.82) is 0 Å². The van der Waals surface area contributed by atoms with E-state index >= 15 is 0 Å². The van der Waals surface area contributed by atoms with Crippen LogP contribution in [-0.4, -0.2) is 42.7 Å². The summed E-state index contributed by atoms with van der Waals surface area (Å²) in [5.41, 5.74) is -1.09. The standard InChI is InChI=1S/C43H87NO4/c1-12-14-16-18-20-22-24-26-28-30-32-38(33-31-29-27-25-23-21-19-17-15-13-2)44-39(45)48-43(9,10)37-40(3,4)36-42(7,8)47-35-34-41(5,6)46-11/h38H,12-37H2,1-11H3,(H,44,45). The lowest BCUT2D eigenvalue weighted by Gasteiger charge is -2.40. The SMILES string of the molecule is CCCCCCCCCCCCC(CCCCCCCCCCCC)NC(=O)OC(C)(C)CC(C)(C)CC(C)(C)OCCC(C)(C)OC. The second-order valence-corrected chi connectivity index (χ2v) is 17.8. The summed E-state index contributed by atoms with van der Waals surface area (Å²) in [5, 5.41) is 3.32. The highest BCUT2D eigenvalue weighted by Crippen LogP contribution is 2.38. The minimum absolute atomic E-state index is 0.0601. The third kappa shape index (κ3) is 29.0. The Hall–Kier alpha value is -0.810. The molecule has 1 amide bonds. The average molecular weight is 682 g/mol. The van der Waals surface area contributed by atoms with Crippen molar-refractivity contribution in [2.24, 2.45) is 5.41 Å². The molecule has 0 heterocycles. The molecule has 5 nitrogen and oxygen atoms in total. The summed E-state index contributed by atoms with van der Waals surface area (Å²) in [6.45, 7) is 22.4. The van der Waals surface area contributed by atoms with E-state index in [1.807, 2.05) is 0 Å². The van der Waals surface area contributed by atoms with Crippen LogP contribution in [0.15, 0.2) is 0 Å². The maximum atomic E-state index is 13.3. The fourth-order valence-electron chi connectivity index (χ4n) is 7.62. The summed E-state index contributed by atoms with van der Waals surface area (Å²) >= 11 is 0. The Balaban J connectivity index is 4.83. The van der Waals surface area contributed by atoms with Gasteiger partial charge in [-0.2, -0.15) is 0 Å². The van der Waals surface area contributed by atoms with Crippen LogP contribution in [0, 0.1) is 5.41 Å². The van der Waals surface area contributed by atoms with E-state index < -0.39 is 5.60 Å². The monoisotopic (exact) mass is 682 g/mol. The zero-order valence-corrected chi connectivity index (χ0v) is 34.6. The molecule has 0 saturated carbocycles. The minimum atomic E-state index is -0.569. The first-order chi connectivity index (χ1) is 22.6. The van der Waals surface area contributed by atoms with E-state index in [4.69, 9.17) is 14.2 Å². The molecular weight excluding hydrogens is 594 g/mol. The van der Waals surface area contributed by atoms with Crippen LogP contribution in [0.3, 0.4) is 0 Å². The maximum Gasteiger partial charge on any atom is 0.407 e. The molecule has 0 rings (SSSR count). The van der Waals surface area contributed by atoms with Gasteiger partial charge in [0, 0.05) is 13.2 Å². The molecule has 0 radical (unpaired) electrons. The van der Waals surface area contributed by atoms with Crippen LogP contribution in [0.5, 0.6) is 0 Å². The van der Waals surface area contributed by atoms with Gasteiger partial charge in [-0.05, 0) is 79.1 Å². The summed E-state index contributed by atoms with van der Waals surface area (Å²) < 4.78 is 18.0. The van der Waals surface area contributed by atoms with Gasteiger partial charge in [-0.15, -0.1) is 0 Å². The van der Waals surface area contributed by atoms with Crippen LogP contribution in [-0.2, 0) is 14.2 Å². The second-order valence-electron chi connectivity index (χ2n) is 17.8. The molecule has 288 valence electrons. The average Bonchev–Trinajstić information content (AvgIpc) is 2.97. The highest BCUT2D eigenvalue weighted by molar-refractivity contribution is 5.68. The summed E-state index contributed by atoms with van der Waals surface area (Å²) in [6.07, 6.45) is 31.1. The Bertz CT molecular complexity index is 736. The molecule has 0 bridgehead atoms. The van der Waals surface area contributed by atoms with E-state index in [-0.39, 0.29) is 28.8 Å². The number of methoxy groups -OCH3 is 1. The Morgan fingerprint density at radius 1 is 0.542 bits per heavy atom. The highest BCUT2D eigenvalue weighted by Gasteiger charge is 2.37. The first-order valence-corrected chi connectivity index (χ1v) is 20.8. The minimum Gasteiger partial charge on any atom is -0.444 e. The number of rotatable bonds is 33. The zero-order valence-electron chi connectivity index (χ0n) is 34.6. The van der Waals surface area contributed by atoms with Gasteiger partial charge in [-0.1, -0.05) is 156 Å². The maximum absolute atomic E-state index is 13.3. The lowest BCUT2D eigenvalue weighted by atomic mass is 9.74. The third-order valence-corrected chi connectivity index (χ3v) is 10.1. The van der Waals surface area contributed by atoms with Crippen molar-refractivity contribution in [2.45, 2.75) is 253 Å². The molecule has 0 spiro atoms. The van der Waals surface area contributed by atoms with E-state index in [1.54, 1.807) is 7.11 Å². The number of alkyl carbamates (subject to hydrolysis) is 1. The molecule has 0 aromatic heterocycles. The van der Waals surface area contributed by atoms with Crippen molar-refractivity contribution in [1.82, 2.24) is 5.32 Å². The third-order valence-electron chi connectivity index (χ3n) is 10.1. The van der Waals surface area contributed by atoms with Gasteiger partial charge in [0.15, 0.2) is 0 Å². The fourth-order valence-corrected chi connectivity index (χ4v) is 7.62. The number of hydrogen-bond acceptors (Lipinski definition) is 4. The van der Waals surface area contributed by atoms with Gasteiger partial charge in [0.1, 0.15) is 5.60 Å². The second kappa shape index (κ2) is 26.9. The molecule has 0 aromatic rings. The van der Waals surface area contributed by atoms with Gasteiger partial charge in [0.05, 0.1) is 17.8 Å². The predicted octanol–water partition coefficient (Wildman–Crippen LogP) is 13.9. The van der Waals surface area contributed by atoms with E-state index in [0.29, 0.717) is 6.61 Å². The van der Waals surface area contributed by atoms with Crippen molar-refractivity contribution < 1.29 is 19.0 Å². The Morgan fingerprint density at radius 2 is 0.917 bits per heavy atom. The normalized spacial score (nSPS) is 13.0. The van der Waals surface area contributed by atoms with Gasteiger partial charge in [0.2, 0.25) is 0 Å². The molecule has 0 saturated heterocycles. The number of hydrogen-bond donors (Lipinski definition) is 1. The molecule has 0 aliphatic rings. The quantitative estimate of drug-likeness (QED) is 0.0700. The van der Waals surface area contributed by atoms with Crippen LogP contribution >= 0.6 is 0 Å². The Labute approximate surface area is 301 Å². The van der Waals surface area contributed by atoms with Gasteiger partial charge in [-0.3, -0.25) is 0 Å². The number of carbonyl (C=O) groups is 1. The zero-order chi connectivity index (χ0) is 36.4. The molecule has 1 N–H and O–H groups in total. The fraction of sp³-hybridized carbons (Fsp3) is 0.977. The number of carbonyl (C=O) groups excluding carboxylic acids is 1. The molecule has 0 aliphatic heterocycles. The van der Waals surface area contributed by atoms with Crippen LogP contribution in [0.2, 0.25) is 0 Å². The molecule has 0 atom stereocenters. The first kappa shape index (κ1) is 47.2. The lowest BCUT2D eigenvalue weighted by Crippen LogP contribution is -2.43. The topological polar surface area (TPSA) is 56.8 Å². The Morgan fingerprint density at radius 3 is 1.31 bits per heavy atom. The van der Waals surface area contributed by atoms with Crippen molar-refractivity contribution in [3.8, 4) is 0 Å². The molecule has 5 heteroatoms. The molecule has 48 heavy (non-hydrogen) atoms. The van der Waals surface area contributed by atoms with Crippen LogP contribution in [0.4, 0.5) is 4.79 Å². The van der Waals surface area contributed by atoms with Crippen LogP contribution in [0.1, 0.15) is 230 Å². The number of nitrogens with one attached hydrogen (secondary N) is 1.